The van der Waals surface area contributed by atoms with Crippen molar-refractivity contribution in [3.63, 3.8) is 0 Å². The van der Waals surface area contributed by atoms with E-state index in [1.165, 1.54) is 0 Å². The average molecular weight is 391 g/mol. The number of urea groups is 1. The van der Waals surface area contributed by atoms with Crippen molar-refractivity contribution in [3.05, 3.63) is 58.1 Å². The number of ether oxygens (including phenoxy) is 1. The van der Waals surface area contributed by atoms with Crippen LogP contribution in [-0.2, 0) is 0 Å². The molecule has 2 aromatic rings. The van der Waals surface area contributed by atoms with Crippen molar-refractivity contribution >= 4 is 27.6 Å². The number of halogens is 1. The number of aryl methyl sites for hydroxylation is 1. The maximum absolute atomic E-state index is 12.1. The van der Waals surface area contributed by atoms with Gasteiger partial charge in [0.2, 0.25) is 0 Å². The van der Waals surface area contributed by atoms with Crippen LogP contribution in [0.2, 0.25) is 0 Å². The van der Waals surface area contributed by atoms with E-state index in [0.29, 0.717) is 11.6 Å². The lowest BCUT2D eigenvalue weighted by atomic mass is 10.0. The van der Waals surface area contributed by atoms with Crippen molar-refractivity contribution < 1.29 is 9.53 Å². The Labute approximate surface area is 151 Å². The van der Waals surface area contributed by atoms with Gasteiger partial charge in [-0.15, -0.1) is 0 Å². The molecule has 0 aliphatic carbocycles. The van der Waals surface area contributed by atoms with Crippen LogP contribution in [0.5, 0.6) is 5.75 Å². The minimum atomic E-state index is -0.450. The summed E-state index contributed by atoms with van der Waals surface area (Å²) in [5, 5.41) is 5.61. The molecule has 1 atom stereocenters. The third-order valence-electron chi connectivity index (χ3n) is 3.55. The molecule has 0 aliphatic rings. The predicted octanol–water partition coefficient (Wildman–Crippen LogP) is 5.43. The number of para-hydroxylation sites is 1. The van der Waals surface area contributed by atoms with Crippen LogP contribution >= 0.6 is 15.9 Å². The number of hydrogen-bond acceptors (Lipinski definition) is 2. The van der Waals surface area contributed by atoms with Crippen molar-refractivity contribution in [1.82, 2.24) is 5.32 Å². The Hall–Kier alpha value is -2.01. The predicted molar refractivity (Wildman–Crippen MR) is 102 cm³/mol. The molecule has 1 unspecified atom stereocenters. The van der Waals surface area contributed by atoms with Crippen molar-refractivity contribution in [2.24, 2.45) is 0 Å². The van der Waals surface area contributed by atoms with Crippen LogP contribution in [0.25, 0.3) is 0 Å². The second-order valence-corrected chi connectivity index (χ2v) is 6.89. The number of benzene rings is 2. The minimum Gasteiger partial charge on any atom is -0.471 e. The summed E-state index contributed by atoms with van der Waals surface area (Å²) in [6.07, 6.45) is -0.450. The zero-order chi connectivity index (χ0) is 17.7. The van der Waals surface area contributed by atoms with E-state index >= 15 is 0 Å². The van der Waals surface area contributed by atoms with Crippen LogP contribution in [0.3, 0.4) is 0 Å². The first-order chi connectivity index (χ1) is 11.4. The Kier molecular flexibility index (Phi) is 6.26. The van der Waals surface area contributed by atoms with Crippen LogP contribution in [0.1, 0.15) is 37.8 Å². The number of amides is 2. The fraction of sp³-hybridized carbons (Fsp3) is 0.316. The van der Waals surface area contributed by atoms with Crippen molar-refractivity contribution in [3.8, 4) is 5.75 Å². The SMILES string of the molecule is Cc1ccc(NC(=O)NC(C)Oc2ccccc2C(C)C)c(Br)c1. The van der Waals surface area contributed by atoms with Gasteiger partial charge in [0.15, 0.2) is 6.23 Å². The number of anilines is 1. The maximum Gasteiger partial charge on any atom is 0.322 e. The molecule has 0 aromatic heterocycles. The van der Waals surface area contributed by atoms with Gasteiger partial charge in [-0.3, -0.25) is 0 Å². The molecule has 5 heteroatoms. The number of nitrogens with one attached hydrogen (secondary N) is 2. The van der Waals surface area contributed by atoms with E-state index < -0.39 is 6.23 Å². The first-order valence-electron chi connectivity index (χ1n) is 7.96. The Morgan fingerprint density at radius 1 is 1.12 bits per heavy atom. The van der Waals surface area contributed by atoms with E-state index in [-0.39, 0.29) is 6.03 Å². The Bertz CT molecular complexity index is 716. The van der Waals surface area contributed by atoms with Crippen LogP contribution in [0.15, 0.2) is 46.9 Å². The summed E-state index contributed by atoms with van der Waals surface area (Å²) in [5.41, 5.74) is 2.95. The maximum atomic E-state index is 12.1. The zero-order valence-corrected chi connectivity index (χ0v) is 16.0. The summed E-state index contributed by atoms with van der Waals surface area (Å²) in [6.45, 7) is 8.03. The molecule has 0 bridgehead atoms. The topological polar surface area (TPSA) is 50.4 Å². The van der Waals surface area contributed by atoms with E-state index in [9.17, 15) is 4.79 Å². The first kappa shape index (κ1) is 18.3. The molecule has 2 aromatic carbocycles. The fourth-order valence-electron chi connectivity index (χ4n) is 2.35. The Balaban J connectivity index is 1.97. The minimum absolute atomic E-state index is 0.311. The highest BCUT2D eigenvalue weighted by Crippen LogP contribution is 2.26. The molecule has 128 valence electrons. The molecular weight excluding hydrogens is 368 g/mol. The van der Waals surface area contributed by atoms with E-state index in [0.717, 1.165) is 21.3 Å². The monoisotopic (exact) mass is 390 g/mol. The van der Waals surface area contributed by atoms with E-state index in [2.05, 4.69) is 40.4 Å². The van der Waals surface area contributed by atoms with Crippen LogP contribution < -0.4 is 15.4 Å². The quantitative estimate of drug-likeness (QED) is 0.668. The van der Waals surface area contributed by atoms with Gasteiger partial charge < -0.3 is 15.4 Å². The summed E-state index contributed by atoms with van der Waals surface area (Å²) < 4.78 is 6.72. The van der Waals surface area contributed by atoms with Crippen molar-refractivity contribution in [1.29, 1.82) is 0 Å². The molecule has 0 fully saturated rings. The third kappa shape index (κ3) is 4.99. The number of hydrogen-bond donors (Lipinski definition) is 2. The van der Waals surface area contributed by atoms with Gasteiger partial charge in [-0.1, -0.05) is 38.1 Å². The van der Waals surface area contributed by atoms with E-state index in [4.69, 9.17) is 4.74 Å². The largest absolute Gasteiger partial charge is 0.471 e. The first-order valence-corrected chi connectivity index (χ1v) is 8.75. The molecular formula is C19H23BrN2O2. The highest BCUT2D eigenvalue weighted by Gasteiger charge is 2.13. The molecule has 4 nitrogen and oxygen atoms in total. The molecule has 0 radical (unpaired) electrons. The number of carbonyl (C=O) groups excluding carboxylic acids is 1. The normalized spacial score (nSPS) is 11.9. The van der Waals surface area contributed by atoms with Crippen molar-refractivity contribution in [2.45, 2.75) is 39.8 Å². The summed E-state index contributed by atoms with van der Waals surface area (Å²) >= 11 is 3.45. The number of carbonyl (C=O) groups is 1. The van der Waals surface area contributed by atoms with Gasteiger partial charge in [0.1, 0.15) is 5.75 Å². The van der Waals surface area contributed by atoms with Gasteiger partial charge >= 0.3 is 6.03 Å². The second-order valence-electron chi connectivity index (χ2n) is 6.03. The van der Waals surface area contributed by atoms with E-state index in [1.54, 1.807) is 6.92 Å². The van der Waals surface area contributed by atoms with Gasteiger partial charge in [0.05, 0.1) is 5.69 Å². The second kappa shape index (κ2) is 8.20. The summed E-state index contributed by atoms with van der Waals surface area (Å²) in [6, 6.07) is 13.3. The van der Waals surface area contributed by atoms with Gasteiger partial charge in [0.25, 0.3) is 0 Å². The molecule has 2 amide bonds. The summed E-state index contributed by atoms with van der Waals surface area (Å²) in [4.78, 5) is 12.1. The van der Waals surface area contributed by atoms with Gasteiger partial charge in [0, 0.05) is 4.47 Å². The Morgan fingerprint density at radius 2 is 1.83 bits per heavy atom. The molecule has 2 rings (SSSR count). The lowest BCUT2D eigenvalue weighted by Gasteiger charge is -2.20. The molecule has 2 N–H and O–H groups in total. The van der Waals surface area contributed by atoms with Crippen LogP contribution in [0, 0.1) is 6.92 Å². The molecule has 0 saturated heterocycles. The lowest BCUT2D eigenvalue weighted by molar-refractivity contribution is 0.181. The molecule has 0 aliphatic heterocycles. The molecule has 0 heterocycles. The molecule has 0 saturated carbocycles. The fourth-order valence-corrected chi connectivity index (χ4v) is 2.94. The Morgan fingerprint density at radius 3 is 2.50 bits per heavy atom. The highest BCUT2D eigenvalue weighted by atomic mass is 79.9. The third-order valence-corrected chi connectivity index (χ3v) is 4.21. The summed E-state index contributed by atoms with van der Waals surface area (Å²) in [5.74, 6) is 1.14. The van der Waals surface area contributed by atoms with E-state index in [1.807, 2.05) is 49.4 Å². The number of rotatable bonds is 5. The van der Waals surface area contributed by atoms with Gasteiger partial charge in [-0.2, -0.15) is 0 Å². The molecule has 24 heavy (non-hydrogen) atoms. The van der Waals surface area contributed by atoms with Crippen LogP contribution in [-0.4, -0.2) is 12.3 Å². The van der Waals surface area contributed by atoms with Crippen LogP contribution in [0.4, 0.5) is 10.5 Å². The highest BCUT2D eigenvalue weighted by molar-refractivity contribution is 9.10. The van der Waals surface area contributed by atoms with Crippen molar-refractivity contribution in [2.75, 3.05) is 5.32 Å². The summed E-state index contributed by atoms with van der Waals surface area (Å²) in [7, 11) is 0. The van der Waals surface area contributed by atoms with Gasteiger partial charge in [-0.25, -0.2) is 4.79 Å². The zero-order valence-electron chi connectivity index (χ0n) is 14.4. The standard InChI is InChI=1S/C19H23BrN2O2/c1-12(2)15-7-5-6-8-18(15)24-14(4)21-19(23)22-17-10-9-13(3)11-16(17)20/h5-12,14H,1-4H3,(H2,21,22,23). The smallest absolute Gasteiger partial charge is 0.322 e. The molecule has 0 spiro atoms. The average Bonchev–Trinajstić information content (AvgIpc) is 2.50. The lowest BCUT2D eigenvalue weighted by Crippen LogP contribution is -2.39. The van der Waals surface area contributed by atoms with Gasteiger partial charge in [-0.05, 0) is 65.0 Å².